The van der Waals surface area contributed by atoms with E-state index in [4.69, 9.17) is 4.74 Å². The molecule has 0 saturated carbocycles. The minimum absolute atomic E-state index is 0.204. The highest BCUT2D eigenvalue weighted by Gasteiger charge is 2.09. The monoisotopic (exact) mass is 129 g/mol. The lowest BCUT2D eigenvalue weighted by molar-refractivity contribution is 0.140. The van der Waals surface area contributed by atoms with E-state index in [-0.39, 0.29) is 5.41 Å². The zero-order chi connectivity index (χ0) is 7.33. The van der Waals surface area contributed by atoms with Crippen LogP contribution < -0.4 is 0 Å². The first-order valence-corrected chi connectivity index (χ1v) is 3.52. The molecule has 0 saturated heterocycles. The molecule has 0 rings (SSSR count). The first kappa shape index (κ1) is 8.96. The number of hydrogen-bond acceptors (Lipinski definition) is 1. The molecule has 0 spiro atoms. The van der Waals surface area contributed by atoms with Crippen LogP contribution in [0.5, 0.6) is 0 Å². The third-order valence-electron chi connectivity index (χ3n) is 0.759. The van der Waals surface area contributed by atoms with Gasteiger partial charge in [-0.2, -0.15) is 0 Å². The van der Waals surface area contributed by atoms with Crippen molar-refractivity contribution in [2.75, 3.05) is 6.61 Å². The van der Waals surface area contributed by atoms with Gasteiger partial charge in [-0.1, -0.05) is 27.7 Å². The van der Waals surface area contributed by atoms with Crippen molar-refractivity contribution in [2.45, 2.75) is 34.1 Å². The summed E-state index contributed by atoms with van der Waals surface area (Å²) in [6.07, 6.45) is 1.09. The molecule has 0 unspecified atom stereocenters. The van der Waals surface area contributed by atoms with Crippen LogP contribution in [-0.2, 0) is 4.74 Å². The zero-order valence-electron chi connectivity index (χ0n) is 6.90. The smallest absolute Gasteiger partial charge is 0.0889 e. The molecule has 0 aromatic carbocycles. The summed E-state index contributed by atoms with van der Waals surface area (Å²) in [7, 11) is 0. The second-order valence-electron chi connectivity index (χ2n) is 3.35. The highest BCUT2D eigenvalue weighted by Crippen LogP contribution is 2.17. The topological polar surface area (TPSA) is 9.23 Å². The standard InChI is InChI=1S/C8H17O/c1-5-6-9-7-8(2,3)4/h7H,5-6H2,1-4H3. The number of rotatable bonds is 3. The fraction of sp³-hybridized carbons (Fsp3) is 0.875. The predicted molar refractivity (Wildman–Crippen MR) is 40.0 cm³/mol. The molecule has 0 fully saturated rings. The molecule has 0 aliphatic heterocycles. The Bertz CT molecular complexity index is 61.5. The lowest BCUT2D eigenvalue weighted by Gasteiger charge is -2.16. The molecule has 0 aliphatic rings. The number of ether oxygens (including phenoxy) is 1. The van der Waals surface area contributed by atoms with Crippen LogP contribution in [0.2, 0.25) is 0 Å². The second-order valence-corrected chi connectivity index (χ2v) is 3.35. The average Bonchev–Trinajstić information content (AvgIpc) is 1.63. The predicted octanol–water partition coefficient (Wildman–Crippen LogP) is 2.62. The molecule has 1 nitrogen and oxygen atoms in total. The van der Waals surface area contributed by atoms with Crippen LogP contribution >= 0.6 is 0 Å². The van der Waals surface area contributed by atoms with Crippen molar-refractivity contribution < 1.29 is 4.74 Å². The van der Waals surface area contributed by atoms with Crippen LogP contribution in [0.25, 0.3) is 0 Å². The van der Waals surface area contributed by atoms with Crippen LogP contribution in [0.15, 0.2) is 0 Å². The Labute approximate surface area is 58.4 Å². The number of hydrogen-bond donors (Lipinski definition) is 0. The van der Waals surface area contributed by atoms with Gasteiger partial charge in [-0.05, 0) is 11.8 Å². The van der Waals surface area contributed by atoms with Crippen LogP contribution in [0.4, 0.5) is 0 Å². The summed E-state index contributed by atoms with van der Waals surface area (Å²) in [5.41, 5.74) is 0.204. The van der Waals surface area contributed by atoms with Crippen molar-refractivity contribution in [1.29, 1.82) is 0 Å². The molecule has 0 amide bonds. The van der Waals surface area contributed by atoms with Crippen molar-refractivity contribution in [2.24, 2.45) is 5.41 Å². The Morgan fingerprint density at radius 3 is 2.22 bits per heavy atom. The van der Waals surface area contributed by atoms with E-state index in [1.165, 1.54) is 0 Å². The largest absolute Gasteiger partial charge is 0.375 e. The highest BCUT2D eigenvalue weighted by molar-refractivity contribution is 4.70. The summed E-state index contributed by atoms with van der Waals surface area (Å²) in [6.45, 7) is 11.2. The van der Waals surface area contributed by atoms with Crippen LogP contribution in [0, 0.1) is 12.0 Å². The molecule has 0 N–H and O–H groups in total. The molecule has 0 bridgehead atoms. The zero-order valence-corrected chi connectivity index (χ0v) is 6.90. The van der Waals surface area contributed by atoms with Gasteiger partial charge >= 0.3 is 0 Å². The van der Waals surface area contributed by atoms with E-state index < -0.39 is 0 Å². The van der Waals surface area contributed by atoms with Crippen LogP contribution in [0.1, 0.15) is 34.1 Å². The molecule has 0 heterocycles. The van der Waals surface area contributed by atoms with Crippen molar-refractivity contribution in [3.8, 4) is 0 Å². The van der Waals surface area contributed by atoms with E-state index in [1.807, 2.05) is 6.61 Å². The summed E-state index contributed by atoms with van der Waals surface area (Å²) in [6, 6.07) is 0. The van der Waals surface area contributed by atoms with Gasteiger partial charge < -0.3 is 4.74 Å². The van der Waals surface area contributed by atoms with Gasteiger partial charge in [0.15, 0.2) is 0 Å². The Balaban J connectivity index is 3.07. The van der Waals surface area contributed by atoms with Gasteiger partial charge in [-0.3, -0.25) is 0 Å². The third kappa shape index (κ3) is 7.96. The minimum Gasteiger partial charge on any atom is -0.375 e. The van der Waals surface area contributed by atoms with Gasteiger partial charge in [0, 0.05) is 6.61 Å². The normalized spacial score (nSPS) is 12.0. The van der Waals surface area contributed by atoms with Crippen molar-refractivity contribution >= 4 is 0 Å². The van der Waals surface area contributed by atoms with E-state index in [0.29, 0.717) is 0 Å². The first-order chi connectivity index (χ1) is 4.06. The molecule has 9 heavy (non-hydrogen) atoms. The average molecular weight is 129 g/mol. The molecule has 0 aromatic heterocycles. The quantitative estimate of drug-likeness (QED) is 0.532. The highest BCUT2D eigenvalue weighted by atomic mass is 16.5. The van der Waals surface area contributed by atoms with Crippen LogP contribution in [-0.4, -0.2) is 6.61 Å². The lowest BCUT2D eigenvalue weighted by Crippen LogP contribution is -2.08. The van der Waals surface area contributed by atoms with Crippen molar-refractivity contribution in [1.82, 2.24) is 0 Å². The summed E-state index contributed by atoms with van der Waals surface area (Å²) < 4.78 is 5.22. The van der Waals surface area contributed by atoms with E-state index in [0.717, 1.165) is 13.0 Å². The molecular weight excluding hydrogens is 112 g/mol. The molecule has 1 radical (unpaired) electrons. The van der Waals surface area contributed by atoms with Gasteiger partial charge in [-0.25, -0.2) is 0 Å². The Hall–Kier alpha value is -0.0400. The van der Waals surface area contributed by atoms with Crippen molar-refractivity contribution in [3.63, 3.8) is 0 Å². The van der Waals surface area contributed by atoms with Gasteiger partial charge in [0.1, 0.15) is 0 Å². The summed E-state index contributed by atoms with van der Waals surface area (Å²) in [5, 5.41) is 0. The minimum atomic E-state index is 0.204. The fourth-order valence-electron chi connectivity index (χ4n) is 0.427. The Morgan fingerprint density at radius 2 is 1.89 bits per heavy atom. The lowest BCUT2D eigenvalue weighted by atomic mass is 9.99. The Kier molecular flexibility index (Phi) is 3.87. The molecular formula is C8H17O. The third-order valence-corrected chi connectivity index (χ3v) is 0.759. The summed E-state index contributed by atoms with van der Waals surface area (Å²) in [4.78, 5) is 0. The maximum absolute atomic E-state index is 5.22. The van der Waals surface area contributed by atoms with E-state index in [2.05, 4.69) is 27.7 Å². The van der Waals surface area contributed by atoms with E-state index >= 15 is 0 Å². The van der Waals surface area contributed by atoms with Gasteiger partial charge in [-0.15, -0.1) is 0 Å². The van der Waals surface area contributed by atoms with Gasteiger partial charge in [0.25, 0.3) is 0 Å². The molecule has 0 aromatic rings. The summed E-state index contributed by atoms with van der Waals surface area (Å²) in [5.74, 6) is 0. The summed E-state index contributed by atoms with van der Waals surface area (Å²) >= 11 is 0. The molecule has 55 valence electrons. The molecule has 0 atom stereocenters. The maximum atomic E-state index is 5.22. The first-order valence-electron chi connectivity index (χ1n) is 3.52. The van der Waals surface area contributed by atoms with Crippen LogP contribution in [0.3, 0.4) is 0 Å². The SMILES string of the molecule is CCCO[CH]C(C)(C)C. The Morgan fingerprint density at radius 1 is 1.33 bits per heavy atom. The second kappa shape index (κ2) is 3.89. The van der Waals surface area contributed by atoms with E-state index in [9.17, 15) is 0 Å². The van der Waals surface area contributed by atoms with Gasteiger partial charge in [0.05, 0.1) is 6.61 Å². The molecule has 1 heteroatoms. The fourth-order valence-corrected chi connectivity index (χ4v) is 0.427. The van der Waals surface area contributed by atoms with Crippen molar-refractivity contribution in [3.05, 3.63) is 6.61 Å². The maximum Gasteiger partial charge on any atom is 0.0889 e. The van der Waals surface area contributed by atoms with Gasteiger partial charge in [0.2, 0.25) is 0 Å². The molecule has 0 aliphatic carbocycles. The van der Waals surface area contributed by atoms with E-state index in [1.54, 1.807) is 0 Å².